The van der Waals surface area contributed by atoms with Crippen LogP contribution < -0.4 is 5.32 Å². The van der Waals surface area contributed by atoms with Crippen molar-refractivity contribution in [1.29, 1.82) is 0 Å². The van der Waals surface area contributed by atoms with Gasteiger partial charge in [-0.15, -0.1) is 0 Å². The molecule has 2 aromatic carbocycles. The lowest BCUT2D eigenvalue weighted by Crippen LogP contribution is -2.14. The van der Waals surface area contributed by atoms with Crippen LogP contribution in [0, 0.1) is 12.7 Å². The van der Waals surface area contributed by atoms with E-state index in [1.165, 1.54) is 24.5 Å². The third kappa shape index (κ3) is 3.25. The van der Waals surface area contributed by atoms with Crippen LogP contribution in [0.5, 0.6) is 0 Å². The van der Waals surface area contributed by atoms with Gasteiger partial charge in [-0.3, -0.25) is 4.79 Å². The first-order valence-corrected chi connectivity index (χ1v) is 8.59. The molecule has 2 heterocycles. The summed E-state index contributed by atoms with van der Waals surface area (Å²) in [5, 5.41) is 10.8. The molecule has 9 heteroatoms. The van der Waals surface area contributed by atoms with Crippen LogP contribution in [0.2, 0.25) is 5.02 Å². The summed E-state index contributed by atoms with van der Waals surface area (Å²) in [6.45, 7) is 1.58. The van der Waals surface area contributed by atoms with Gasteiger partial charge in [0.1, 0.15) is 35.5 Å². The zero-order valence-corrected chi connectivity index (χ0v) is 15.3. The minimum atomic E-state index is -0.591. The summed E-state index contributed by atoms with van der Waals surface area (Å²) in [5.41, 5.74) is 1.52. The van der Waals surface area contributed by atoms with Gasteiger partial charge in [0.15, 0.2) is 0 Å². The second kappa shape index (κ2) is 7.24. The molecule has 0 aliphatic carbocycles. The molecular formula is C19H13ClFN5O2. The van der Waals surface area contributed by atoms with Crippen molar-refractivity contribution in [3.05, 3.63) is 77.3 Å². The largest absolute Gasteiger partial charge is 0.360 e. The van der Waals surface area contributed by atoms with E-state index in [2.05, 4.69) is 20.6 Å². The highest BCUT2D eigenvalue weighted by Gasteiger charge is 2.25. The van der Waals surface area contributed by atoms with Gasteiger partial charge in [0, 0.05) is 5.69 Å². The summed E-state index contributed by atoms with van der Waals surface area (Å²) >= 11 is 6.11. The second-order valence-electron chi connectivity index (χ2n) is 5.90. The SMILES string of the molecule is Cc1onc(-c2c(F)cccc2Cl)c1C(=O)Nc1ccc(-n2cncn2)cc1. The maximum Gasteiger partial charge on any atom is 0.261 e. The van der Waals surface area contributed by atoms with E-state index >= 15 is 0 Å². The fourth-order valence-electron chi connectivity index (χ4n) is 2.77. The Kier molecular flexibility index (Phi) is 4.62. The van der Waals surface area contributed by atoms with Gasteiger partial charge in [-0.05, 0) is 43.3 Å². The van der Waals surface area contributed by atoms with E-state index in [1.54, 1.807) is 42.2 Å². The summed E-state index contributed by atoms with van der Waals surface area (Å²) in [5.74, 6) is -0.820. The highest BCUT2D eigenvalue weighted by Crippen LogP contribution is 2.33. The van der Waals surface area contributed by atoms with E-state index in [4.69, 9.17) is 16.1 Å². The van der Waals surface area contributed by atoms with E-state index in [0.29, 0.717) is 5.69 Å². The third-order valence-corrected chi connectivity index (χ3v) is 4.41. The number of amides is 1. The Morgan fingerprint density at radius 2 is 2.00 bits per heavy atom. The molecule has 0 aliphatic heterocycles. The van der Waals surface area contributed by atoms with Crippen LogP contribution in [0.3, 0.4) is 0 Å². The predicted octanol–water partition coefficient (Wildman–Crippen LogP) is 4.28. The van der Waals surface area contributed by atoms with Crippen LogP contribution in [-0.2, 0) is 0 Å². The first-order chi connectivity index (χ1) is 13.5. The van der Waals surface area contributed by atoms with Crippen LogP contribution in [0.15, 0.2) is 59.6 Å². The Balaban J connectivity index is 1.64. The van der Waals surface area contributed by atoms with E-state index < -0.39 is 11.7 Å². The molecule has 28 heavy (non-hydrogen) atoms. The highest BCUT2D eigenvalue weighted by atomic mass is 35.5. The predicted molar refractivity (Wildman–Crippen MR) is 101 cm³/mol. The average molecular weight is 398 g/mol. The normalized spacial score (nSPS) is 10.8. The number of benzene rings is 2. The van der Waals surface area contributed by atoms with E-state index in [-0.39, 0.29) is 27.6 Å². The summed E-state index contributed by atoms with van der Waals surface area (Å²) in [6, 6.07) is 11.2. The lowest BCUT2D eigenvalue weighted by Gasteiger charge is -2.08. The molecule has 4 rings (SSSR count). The Bertz CT molecular complexity index is 1120. The smallest absolute Gasteiger partial charge is 0.261 e. The maximum atomic E-state index is 14.3. The number of aromatic nitrogens is 4. The van der Waals surface area contributed by atoms with Crippen LogP contribution in [0.1, 0.15) is 16.1 Å². The number of anilines is 1. The molecule has 0 aliphatic rings. The standard InChI is InChI=1S/C19H13ClFN5O2/c1-11-16(18(25-28-11)17-14(20)3-2-4-15(17)21)19(27)24-12-5-7-13(8-6-12)26-10-22-9-23-26/h2-10H,1H3,(H,24,27). The van der Waals surface area contributed by atoms with Crippen molar-refractivity contribution in [1.82, 2.24) is 19.9 Å². The minimum absolute atomic E-state index is 0.0210. The van der Waals surface area contributed by atoms with Crippen molar-refractivity contribution in [3.8, 4) is 16.9 Å². The van der Waals surface area contributed by atoms with E-state index in [1.807, 2.05) is 0 Å². The van der Waals surface area contributed by atoms with E-state index in [9.17, 15) is 9.18 Å². The minimum Gasteiger partial charge on any atom is -0.360 e. The number of halogens is 2. The van der Waals surface area contributed by atoms with Gasteiger partial charge in [0.25, 0.3) is 5.91 Å². The summed E-state index contributed by atoms with van der Waals surface area (Å²) in [4.78, 5) is 16.7. The van der Waals surface area contributed by atoms with Crippen LogP contribution in [-0.4, -0.2) is 25.8 Å². The summed E-state index contributed by atoms with van der Waals surface area (Å²) in [6.07, 6.45) is 3.00. The fraction of sp³-hybridized carbons (Fsp3) is 0.0526. The van der Waals surface area contributed by atoms with Crippen molar-refractivity contribution in [3.63, 3.8) is 0 Å². The lowest BCUT2D eigenvalue weighted by atomic mass is 10.0. The van der Waals surface area contributed by atoms with Crippen molar-refractivity contribution in [2.24, 2.45) is 0 Å². The molecule has 0 fully saturated rings. The molecule has 1 amide bonds. The van der Waals surface area contributed by atoms with Gasteiger partial charge < -0.3 is 9.84 Å². The first-order valence-electron chi connectivity index (χ1n) is 8.21. The molecule has 0 radical (unpaired) electrons. The zero-order valence-electron chi connectivity index (χ0n) is 14.6. The second-order valence-corrected chi connectivity index (χ2v) is 6.31. The van der Waals surface area contributed by atoms with Crippen LogP contribution in [0.4, 0.5) is 10.1 Å². The number of carbonyl (C=O) groups excluding carboxylic acids is 1. The van der Waals surface area contributed by atoms with Crippen molar-refractivity contribution in [2.45, 2.75) is 6.92 Å². The summed E-state index contributed by atoms with van der Waals surface area (Å²) < 4.78 is 21.0. The summed E-state index contributed by atoms with van der Waals surface area (Å²) in [7, 11) is 0. The number of carbonyl (C=O) groups is 1. The van der Waals surface area contributed by atoms with E-state index in [0.717, 1.165) is 5.69 Å². The van der Waals surface area contributed by atoms with Gasteiger partial charge in [0.05, 0.1) is 16.3 Å². The van der Waals surface area contributed by atoms with Gasteiger partial charge >= 0.3 is 0 Å². The molecule has 140 valence electrons. The maximum absolute atomic E-state index is 14.3. The molecule has 0 bridgehead atoms. The van der Waals surface area contributed by atoms with Crippen molar-refractivity contribution < 1.29 is 13.7 Å². The van der Waals surface area contributed by atoms with Crippen molar-refractivity contribution >= 4 is 23.2 Å². The highest BCUT2D eigenvalue weighted by molar-refractivity contribution is 6.33. The number of nitrogens with zero attached hydrogens (tertiary/aromatic N) is 4. The molecule has 7 nitrogen and oxygen atoms in total. The third-order valence-electron chi connectivity index (χ3n) is 4.10. The van der Waals surface area contributed by atoms with Crippen molar-refractivity contribution in [2.75, 3.05) is 5.32 Å². The lowest BCUT2D eigenvalue weighted by molar-refractivity contribution is 0.102. The Morgan fingerprint density at radius 1 is 1.21 bits per heavy atom. The molecule has 2 aromatic heterocycles. The molecule has 0 unspecified atom stereocenters. The first kappa shape index (κ1) is 17.9. The molecule has 0 spiro atoms. The fourth-order valence-corrected chi connectivity index (χ4v) is 3.02. The molecule has 0 saturated carbocycles. The Morgan fingerprint density at radius 3 is 2.68 bits per heavy atom. The van der Waals surface area contributed by atoms with Gasteiger partial charge in [-0.1, -0.05) is 22.8 Å². The number of hydrogen-bond acceptors (Lipinski definition) is 5. The van der Waals surface area contributed by atoms with Gasteiger partial charge in [-0.2, -0.15) is 5.10 Å². The molecule has 4 aromatic rings. The molecule has 0 atom stereocenters. The zero-order chi connectivity index (χ0) is 19.7. The number of aryl methyl sites for hydroxylation is 1. The van der Waals surface area contributed by atoms with Crippen LogP contribution >= 0.6 is 11.6 Å². The molecule has 0 saturated heterocycles. The number of rotatable bonds is 4. The van der Waals surface area contributed by atoms with Gasteiger partial charge in [0.2, 0.25) is 0 Å². The quantitative estimate of drug-likeness (QED) is 0.555. The number of hydrogen-bond donors (Lipinski definition) is 1. The Hall–Kier alpha value is -3.52. The topological polar surface area (TPSA) is 85.8 Å². The monoisotopic (exact) mass is 397 g/mol. The average Bonchev–Trinajstić information content (AvgIpc) is 3.33. The number of nitrogens with one attached hydrogen (secondary N) is 1. The molecule has 1 N–H and O–H groups in total. The van der Waals surface area contributed by atoms with Crippen LogP contribution in [0.25, 0.3) is 16.9 Å². The Labute approximate surface area is 163 Å². The molecular weight excluding hydrogens is 385 g/mol. The van der Waals surface area contributed by atoms with Gasteiger partial charge in [-0.25, -0.2) is 14.1 Å².